The Labute approximate surface area is 195 Å². The zero-order valence-electron chi connectivity index (χ0n) is 19.6. The normalized spacial score (nSPS) is 14.5. The fourth-order valence-electron chi connectivity index (χ4n) is 4.71. The van der Waals surface area contributed by atoms with Crippen LogP contribution in [0, 0.1) is 19.7 Å². The van der Waals surface area contributed by atoms with Crippen LogP contribution in [0.4, 0.5) is 10.1 Å². The van der Waals surface area contributed by atoms with Crippen molar-refractivity contribution in [1.82, 2.24) is 19.8 Å². The quantitative estimate of drug-likeness (QED) is 0.597. The minimum atomic E-state index is -0.270. The number of pyridine rings is 1. The first-order valence-electron chi connectivity index (χ1n) is 11.6. The molecule has 4 rings (SSSR count). The summed E-state index contributed by atoms with van der Waals surface area (Å²) in [5, 5.41) is 3.06. The van der Waals surface area contributed by atoms with E-state index in [2.05, 4.69) is 33.9 Å². The average Bonchev–Trinajstić information content (AvgIpc) is 3.07. The van der Waals surface area contributed by atoms with Crippen LogP contribution in [-0.4, -0.2) is 53.1 Å². The molecule has 0 spiro atoms. The van der Waals surface area contributed by atoms with Gasteiger partial charge < -0.3 is 19.7 Å². The second-order valence-corrected chi connectivity index (χ2v) is 8.58. The molecular weight excluding hydrogens is 417 g/mol. The van der Waals surface area contributed by atoms with Gasteiger partial charge in [0, 0.05) is 62.9 Å². The number of halogens is 1. The van der Waals surface area contributed by atoms with E-state index in [1.165, 1.54) is 12.1 Å². The molecule has 0 unspecified atom stereocenters. The summed E-state index contributed by atoms with van der Waals surface area (Å²) in [7, 11) is 0. The van der Waals surface area contributed by atoms with Crippen LogP contribution in [0.5, 0.6) is 0 Å². The van der Waals surface area contributed by atoms with E-state index in [4.69, 9.17) is 0 Å². The molecule has 1 amide bonds. The number of amides is 1. The molecule has 6 nitrogen and oxygen atoms in total. The number of nitrogens with zero attached hydrogens (tertiary/aromatic N) is 4. The number of benzene rings is 1. The third-order valence-corrected chi connectivity index (χ3v) is 6.51. The van der Waals surface area contributed by atoms with Gasteiger partial charge in [0.1, 0.15) is 11.5 Å². The summed E-state index contributed by atoms with van der Waals surface area (Å²) in [6.07, 6.45) is 3.44. The van der Waals surface area contributed by atoms with Crippen LogP contribution in [0.1, 0.15) is 39.8 Å². The Hall–Kier alpha value is -3.19. The summed E-state index contributed by atoms with van der Waals surface area (Å²) >= 11 is 0. The zero-order chi connectivity index (χ0) is 23.4. The summed E-state index contributed by atoms with van der Waals surface area (Å²) in [5.74, 6) is -0.393. The van der Waals surface area contributed by atoms with Gasteiger partial charge >= 0.3 is 0 Å². The van der Waals surface area contributed by atoms with Crippen LogP contribution in [0.3, 0.4) is 0 Å². The minimum absolute atomic E-state index is 0.123. The number of likely N-dealkylation sites (N-methyl/N-ethyl adjacent to an activating group) is 1. The van der Waals surface area contributed by atoms with Crippen molar-refractivity contribution in [2.75, 3.05) is 37.6 Å². The largest absolute Gasteiger partial charge is 0.367 e. The summed E-state index contributed by atoms with van der Waals surface area (Å²) in [6.45, 7) is 12.1. The third-order valence-electron chi connectivity index (χ3n) is 6.51. The van der Waals surface area contributed by atoms with Crippen LogP contribution < -0.4 is 10.2 Å². The van der Waals surface area contributed by atoms with E-state index >= 15 is 0 Å². The molecule has 1 aromatic carbocycles. The van der Waals surface area contributed by atoms with Crippen molar-refractivity contribution in [3.8, 4) is 0 Å². The Bertz CT molecular complexity index is 1100. The number of nitrogens with one attached hydrogen (secondary N) is 1. The molecule has 0 bridgehead atoms. The third kappa shape index (κ3) is 5.09. The molecular formula is C26H32FN5O. The van der Waals surface area contributed by atoms with Gasteiger partial charge in [0.15, 0.2) is 0 Å². The number of carbonyl (C=O) groups is 1. The topological polar surface area (TPSA) is 53.4 Å². The summed E-state index contributed by atoms with van der Waals surface area (Å²) in [6, 6.07) is 10.4. The van der Waals surface area contributed by atoms with Crippen LogP contribution in [-0.2, 0) is 13.1 Å². The Morgan fingerprint density at radius 2 is 1.79 bits per heavy atom. The summed E-state index contributed by atoms with van der Waals surface area (Å²) in [5.41, 5.74) is 5.59. The van der Waals surface area contributed by atoms with Crippen LogP contribution in [0.2, 0.25) is 0 Å². The zero-order valence-corrected chi connectivity index (χ0v) is 19.6. The predicted molar refractivity (Wildman–Crippen MR) is 129 cm³/mol. The molecule has 174 valence electrons. The summed E-state index contributed by atoms with van der Waals surface area (Å²) in [4.78, 5) is 22.3. The lowest BCUT2D eigenvalue weighted by Crippen LogP contribution is -2.46. The van der Waals surface area contributed by atoms with Gasteiger partial charge in [0.2, 0.25) is 0 Å². The highest BCUT2D eigenvalue weighted by Gasteiger charge is 2.27. The fourth-order valence-corrected chi connectivity index (χ4v) is 4.71. The van der Waals surface area contributed by atoms with E-state index < -0.39 is 0 Å². The van der Waals surface area contributed by atoms with Crippen LogP contribution in [0.25, 0.3) is 0 Å². The van der Waals surface area contributed by atoms with Gasteiger partial charge in [-0.1, -0.05) is 19.1 Å². The van der Waals surface area contributed by atoms with Crippen molar-refractivity contribution in [2.24, 2.45) is 0 Å². The smallest absolute Gasteiger partial charge is 0.268 e. The van der Waals surface area contributed by atoms with Crippen molar-refractivity contribution < 1.29 is 9.18 Å². The second kappa shape index (κ2) is 10.2. The maximum absolute atomic E-state index is 13.9. The second-order valence-electron chi connectivity index (χ2n) is 8.58. The van der Waals surface area contributed by atoms with Gasteiger partial charge in [-0.3, -0.25) is 9.78 Å². The van der Waals surface area contributed by atoms with E-state index in [1.54, 1.807) is 18.5 Å². The van der Waals surface area contributed by atoms with Crippen molar-refractivity contribution in [2.45, 2.75) is 33.9 Å². The molecule has 1 N–H and O–H groups in total. The van der Waals surface area contributed by atoms with E-state index in [-0.39, 0.29) is 11.7 Å². The standard InChI is InChI=1S/C26H32FN5O/c1-4-30-12-14-31(15-13-30)24-19(2)25(26(33)29-17-21-8-10-28-11-9-21)32(20(24)3)18-22-6-5-7-23(27)16-22/h5-11,16H,4,12-15,17-18H2,1-3H3,(H,29,33). The monoisotopic (exact) mass is 449 g/mol. The SMILES string of the molecule is CCN1CCN(c2c(C)c(C(=O)NCc3ccncc3)n(Cc3cccc(F)c3)c2C)CC1. The lowest BCUT2D eigenvalue weighted by molar-refractivity contribution is 0.0941. The fraction of sp³-hybridized carbons (Fsp3) is 0.385. The number of rotatable bonds is 7. The molecule has 0 radical (unpaired) electrons. The van der Waals surface area contributed by atoms with E-state index in [0.29, 0.717) is 18.8 Å². The molecule has 33 heavy (non-hydrogen) atoms. The lowest BCUT2D eigenvalue weighted by atomic mass is 10.1. The molecule has 0 saturated carbocycles. The lowest BCUT2D eigenvalue weighted by Gasteiger charge is -2.36. The molecule has 0 atom stereocenters. The molecule has 1 aliphatic rings. The van der Waals surface area contributed by atoms with Crippen LogP contribution in [0.15, 0.2) is 48.8 Å². The van der Waals surface area contributed by atoms with Gasteiger partial charge in [0.05, 0.1) is 5.69 Å². The Morgan fingerprint density at radius 1 is 1.06 bits per heavy atom. The minimum Gasteiger partial charge on any atom is -0.367 e. The molecule has 3 aromatic rings. The maximum Gasteiger partial charge on any atom is 0.268 e. The van der Waals surface area contributed by atoms with Gasteiger partial charge in [-0.15, -0.1) is 0 Å². The van der Waals surface area contributed by atoms with Crippen LogP contribution >= 0.6 is 0 Å². The van der Waals surface area contributed by atoms with Gasteiger partial charge in [0.25, 0.3) is 5.91 Å². The van der Waals surface area contributed by atoms with E-state index in [9.17, 15) is 9.18 Å². The first-order valence-corrected chi connectivity index (χ1v) is 11.6. The molecule has 2 aromatic heterocycles. The van der Waals surface area contributed by atoms with Crippen molar-refractivity contribution in [1.29, 1.82) is 0 Å². The summed E-state index contributed by atoms with van der Waals surface area (Å²) < 4.78 is 15.9. The number of carbonyl (C=O) groups excluding carboxylic acids is 1. The Balaban J connectivity index is 1.67. The first-order chi connectivity index (χ1) is 16.0. The van der Waals surface area contributed by atoms with Crippen molar-refractivity contribution >= 4 is 11.6 Å². The maximum atomic E-state index is 13.9. The number of hydrogen-bond acceptors (Lipinski definition) is 4. The molecule has 1 saturated heterocycles. The average molecular weight is 450 g/mol. The predicted octanol–water partition coefficient (Wildman–Crippen LogP) is 3.76. The van der Waals surface area contributed by atoms with Gasteiger partial charge in [-0.25, -0.2) is 4.39 Å². The molecule has 0 aliphatic carbocycles. The van der Waals surface area contributed by atoms with Gasteiger partial charge in [-0.2, -0.15) is 0 Å². The molecule has 1 aliphatic heterocycles. The highest BCUT2D eigenvalue weighted by atomic mass is 19.1. The highest BCUT2D eigenvalue weighted by Crippen LogP contribution is 2.32. The van der Waals surface area contributed by atoms with E-state index in [0.717, 1.165) is 60.8 Å². The van der Waals surface area contributed by atoms with Crippen molar-refractivity contribution in [3.63, 3.8) is 0 Å². The number of aromatic nitrogens is 2. The highest BCUT2D eigenvalue weighted by molar-refractivity contribution is 5.96. The van der Waals surface area contributed by atoms with E-state index in [1.807, 2.05) is 29.7 Å². The Morgan fingerprint density at radius 3 is 2.45 bits per heavy atom. The van der Waals surface area contributed by atoms with Crippen molar-refractivity contribution in [3.05, 3.63) is 82.7 Å². The first kappa shape index (κ1) is 23.0. The Kier molecular flexibility index (Phi) is 7.08. The number of hydrogen-bond donors (Lipinski definition) is 1. The number of piperazine rings is 1. The number of anilines is 1. The molecule has 7 heteroatoms. The van der Waals surface area contributed by atoms with Gasteiger partial charge in [-0.05, 0) is 55.8 Å². The molecule has 3 heterocycles. The molecule has 1 fully saturated rings.